The van der Waals surface area contributed by atoms with Crippen LogP contribution in [-0.4, -0.2) is 46.2 Å². The molecular formula is C29H33N3O3S. The van der Waals surface area contributed by atoms with Crippen LogP contribution in [-0.2, 0) is 17.8 Å². The van der Waals surface area contributed by atoms with E-state index in [1.807, 2.05) is 19.9 Å². The normalized spacial score (nSPS) is 17.1. The van der Waals surface area contributed by atoms with Crippen LogP contribution in [0.25, 0.3) is 0 Å². The van der Waals surface area contributed by atoms with Gasteiger partial charge in [0.2, 0.25) is 5.91 Å². The maximum absolute atomic E-state index is 13.2. The molecule has 1 atom stereocenters. The van der Waals surface area contributed by atoms with Crippen molar-refractivity contribution < 1.29 is 14.3 Å². The third-order valence-electron chi connectivity index (χ3n) is 7.14. The molecule has 1 aliphatic heterocycles. The minimum atomic E-state index is -0.110. The molecule has 188 valence electrons. The highest BCUT2D eigenvalue weighted by Gasteiger charge is 2.39. The van der Waals surface area contributed by atoms with E-state index in [0.29, 0.717) is 12.3 Å². The molecular weight excluding hydrogens is 470 g/mol. The Labute approximate surface area is 216 Å². The Morgan fingerprint density at radius 2 is 2.00 bits per heavy atom. The molecule has 2 aromatic carbocycles. The summed E-state index contributed by atoms with van der Waals surface area (Å²) >= 11 is 1.43. The van der Waals surface area contributed by atoms with Crippen molar-refractivity contribution in [3.63, 3.8) is 0 Å². The summed E-state index contributed by atoms with van der Waals surface area (Å²) < 4.78 is 6.14. The average Bonchev–Trinajstić information content (AvgIpc) is 3.62. The molecule has 1 aliphatic carbocycles. The van der Waals surface area contributed by atoms with Crippen molar-refractivity contribution >= 4 is 23.2 Å². The van der Waals surface area contributed by atoms with Gasteiger partial charge in [0.15, 0.2) is 0 Å². The van der Waals surface area contributed by atoms with Crippen LogP contribution in [0.1, 0.15) is 70.5 Å². The van der Waals surface area contributed by atoms with Gasteiger partial charge in [-0.15, -0.1) is 11.3 Å². The smallest absolute Gasteiger partial charge is 0.273 e. The van der Waals surface area contributed by atoms with E-state index in [1.54, 1.807) is 17.3 Å². The number of aromatic nitrogens is 1. The zero-order valence-electron chi connectivity index (χ0n) is 21.4. The van der Waals surface area contributed by atoms with E-state index >= 15 is 0 Å². The molecule has 1 saturated carbocycles. The van der Waals surface area contributed by atoms with E-state index < -0.39 is 0 Å². The third kappa shape index (κ3) is 5.03. The first-order chi connectivity index (χ1) is 17.3. The Morgan fingerprint density at radius 3 is 2.72 bits per heavy atom. The number of carbonyl (C=O) groups is 2. The molecule has 0 spiro atoms. The molecule has 36 heavy (non-hydrogen) atoms. The van der Waals surface area contributed by atoms with E-state index in [0.717, 1.165) is 47.7 Å². The number of ether oxygens (including phenoxy) is 1. The van der Waals surface area contributed by atoms with Crippen LogP contribution < -0.4 is 4.74 Å². The predicted molar refractivity (Wildman–Crippen MR) is 141 cm³/mol. The first-order valence-electron chi connectivity index (χ1n) is 12.7. The van der Waals surface area contributed by atoms with Gasteiger partial charge in [-0.2, -0.15) is 0 Å². The van der Waals surface area contributed by atoms with Gasteiger partial charge in [-0.05, 0) is 68.9 Å². The minimum absolute atomic E-state index is 0.0808. The quantitative estimate of drug-likeness (QED) is 0.433. The zero-order chi connectivity index (χ0) is 25.4. The molecule has 0 saturated heterocycles. The molecule has 2 heterocycles. The maximum Gasteiger partial charge on any atom is 0.273 e. The largest absolute Gasteiger partial charge is 0.486 e. The summed E-state index contributed by atoms with van der Waals surface area (Å²) in [7, 11) is 1.79. The first-order valence-corrected chi connectivity index (χ1v) is 13.5. The number of benzene rings is 2. The molecule has 1 fully saturated rings. The number of rotatable bonds is 7. The van der Waals surface area contributed by atoms with Gasteiger partial charge in [0, 0.05) is 30.9 Å². The van der Waals surface area contributed by atoms with Crippen molar-refractivity contribution in [3.05, 3.63) is 80.8 Å². The lowest BCUT2D eigenvalue weighted by Gasteiger charge is -2.38. The van der Waals surface area contributed by atoms with E-state index in [2.05, 4.69) is 53.2 Å². The summed E-state index contributed by atoms with van der Waals surface area (Å²) in [6.07, 6.45) is 2.84. The molecule has 0 radical (unpaired) electrons. The molecule has 0 N–H and O–H groups in total. The minimum Gasteiger partial charge on any atom is -0.486 e. The van der Waals surface area contributed by atoms with Gasteiger partial charge in [0.1, 0.15) is 23.1 Å². The summed E-state index contributed by atoms with van der Waals surface area (Å²) in [5, 5.41) is 2.55. The Bertz CT molecular complexity index is 1280. The van der Waals surface area contributed by atoms with E-state index in [9.17, 15) is 9.59 Å². The van der Waals surface area contributed by atoms with Crippen molar-refractivity contribution in [2.45, 2.75) is 58.7 Å². The van der Waals surface area contributed by atoms with Crippen LogP contribution in [0.5, 0.6) is 5.75 Å². The first kappa shape index (κ1) is 24.5. The maximum atomic E-state index is 13.2. The van der Waals surface area contributed by atoms with Crippen molar-refractivity contribution in [2.75, 3.05) is 13.6 Å². The van der Waals surface area contributed by atoms with Crippen LogP contribution in [0.15, 0.2) is 47.8 Å². The van der Waals surface area contributed by atoms with Crippen LogP contribution in [0, 0.1) is 12.8 Å². The highest BCUT2D eigenvalue weighted by molar-refractivity contribution is 7.09. The molecule has 0 unspecified atom stereocenters. The number of fused-ring (bicyclic) bond motifs is 1. The summed E-state index contributed by atoms with van der Waals surface area (Å²) in [5.41, 5.74) is 5.16. The molecule has 0 bridgehead atoms. The number of aryl methyl sites for hydroxylation is 1. The summed E-state index contributed by atoms with van der Waals surface area (Å²) in [4.78, 5) is 34.1. The molecule has 5 rings (SSSR count). The Balaban J connectivity index is 1.38. The van der Waals surface area contributed by atoms with Gasteiger partial charge in [-0.3, -0.25) is 9.59 Å². The second kappa shape index (κ2) is 10.1. The second-order valence-corrected chi connectivity index (χ2v) is 11.1. The number of thiazole rings is 1. The van der Waals surface area contributed by atoms with Crippen LogP contribution >= 0.6 is 11.3 Å². The highest BCUT2D eigenvalue weighted by Crippen LogP contribution is 2.41. The number of hydrogen-bond acceptors (Lipinski definition) is 5. The van der Waals surface area contributed by atoms with Crippen LogP contribution in [0.2, 0.25) is 0 Å². The zero-order valence-corrected chi connectivity index (χ0v) is 22.2. The summed E-state index contributed by atoms with van der Waals surface area (Å²) in [6, 6.07) is 14.7. The van der Waals surface area contributed by atoms with Crippen LogP contribution in [0.4, 0.5) is 0 Å². The standard InChI is InChI=1S/C29H33N3O3S/c1-18(2)31(4)29(34)25-17-36-26(30-25)16-35-23-11-10-20-12-13-32(28(33)21-8-9-21)27(24(20)15-23)22-7-5-6-19(3)14-22/h5-7,10-11,14-15,17-18,21,27H,8-9,12-13,16H2,1-4H3/t27-/m0/s1. The topological polar surface area (TPSA) is 62.7 Å². The summed E-state index contributed by atoms with van der Waals surface area (Å²) in [6.45, 7) is 7.08. The number of nitrogens with zero attached hydrogens (tertiary/aromatic N) is 3. The SMILES string of the molecule is Cc1cccc([C@H]2c3cc(OCc4nc(C(=O)N(C)C(C)C)cs4)ccc3CCN2C(=O)C2CC2)c1. The van der Waals surface area contributed by atoms with Crippen molar-refractivity contribution in [3.8, 4) is 5.75 Å². The lowest BCUT2D eigenvalue weighted by atomic mass is 9.87. The van der Waals surface area contributed by atoms with Gasteiger partial charge in [-0.1, -0.05) is 35.9 Å². The Morgan fingerprint density at radius 1 is 1.19 bits per heavy atom. The number of amides is 2. The molecule has 7 heteroatoms. The Hall–Kier alpha value is -3.19. The fourth-order valence-electron chi connectivity index (χ4n) is 4.72. The van der Waals surface area contributed by atoms with Gasteiger partial charge in [0.25, 0.3) is 5.91 Å². The van der Waals surface area contributed by atoms with E-state index in [1.165, 1.54) is 22.5 Å². The number of carbonyl (C=O) groups excluding carboxylic acids is 2. The van der Waals surface area contributed by atoms with Gasteiger partial charge in [0.05, 0.1) is 6.04 Å². The summed E-state index contributed by atoms with van der Waals surface area (Å²) in [5.74, 6) is 1.11. The van der Waals surface area contributed by atoms with Gasteiger partial charge < -0.3 is 14.5 Å². The fourth-order valence-corrected chi connectivity index (χ4v) is 5.40. The molecule has 1 aromatic heterocycles. The lowest BCUT2D eigenvalue weighted by Crippen LogP contribution is -2.41. The monoisotopic (exact) mass is 503 g/mol. The second-order valence-electron chi connectivity index (χ2n) is 10.2. The van der Waals surface area contributed by atoms with E-state index in [-0.39, 0.29) is 29.8 Å². The average molecular weight is 504 g/mol. The lowest BCUT2D eigenvalue weighted by molar-refractivity contribution is -0.134. The van der Waals surface area contributed by atoms with Crippen molar-refractivity contribution in [2.24, 2.45) is 5.92 Å². The Kier molecular flexibility index (Phi) is 6.84. The number of hydrogen-bond donors (Lipinski definition) is 0. The molecule has 2 aliphatic rings. The van der Waals surface area contributed by atoms with Crippen molar-refractivity contribution in [1.29, 1.82) is 0 Å². The fraction of sp³-hybridized carbons (Fsp3) is 0.414. The third-order valence-corrected chi connectivity index (χ3v) is 7.96. The van der Waals surface area contributed by atoms with Crippen LogP contribution in [0.3, 0.4) is 0 Å². The highest BCUT2D eigenvalue weighted by atomic mass is 32.1. The molecule has 3 aromatic rings. The molecule has 6 nitrogen and oxygen atoms in total. The van der Waals surface area contributed by atoms with Crippen molar-refractivity contribution in [1.82, 2.24) is 14.8 Å². The molecule has 2 amide bonds. The predicted octanol–water partition coefficient (Wildman–Crippen LogP) is 5.40. The van der Waals surface area contributed by atoms with Gasteiger partial charge >= 0.3 is 0 Å². The van der Waals surface area contributed by atoms with E-state index in [4.69, 9.17) is 4.74 Å². The van der Waals surface area contributed by atoms with Gasteiger partial charge in [-0.25, -0.2) is 4.98 Å².